The van der Waals surface area contributed by atoms with Gasteiger partial charge in [0, 0.05) is 13.1 Å². The van der Waals surface area contributed by atoms with E-state index in [2.05, 4.69) is 16.6 Å². The van der Waals surface area contributed by atoms with Gasteiger partial charge in [0.15, 0.2) is 10.8 Å². The number of nitrogens with two attached hydrogens (primary N) is 1. The molecular formula is C13H24N4O2S. The Hall–Kier alpha value is -1.08. The molecule has 0 amide bonds. The van der Waals surface area contributed by atoms with Crippen LogP contribution < -0.4 is 10.5 Å². The highest BCUT2D eigenvalue weighted by Gasteiger charge is 2.28. The van der Waals surface area contributed by atoms with Gasteiger partial charge in [-0.15, -0.1) is 0 Å². The fourth-order valence-electron chi connectivity index (χ4n) is 3.02. The average Bonchev–Trinajstić information content (AvgIpc) is 2.72. The Morgan fingerprint density at radius 3 is 2.55 bits per heavy atom. The zero-order chi connectivity index (χ0) is 14.8. The monoisotopic (exact) mass is 300 g/mol. The lowest BCUT2D eigenvalue weighted by Crippen LogP contribution is -2.38. The first-order chi connectivity index (χ1) is 9.44. The maximum absolute atomic E-state index is 12.4. The number of imidazole rings is 1. The largest absolute Gasteiger partial charge is 0.381 e. The van der Waals surface area contributed by atoms with Gasteiger partial charge in [-0.1, -0.05) is 19.8 Å². The van der Waals surface area contributed by atoms with Crippen LogP contribution in [-0.4, -0.2) is 24.0 Å². The molecule has 1 aromatic heterocycles. The van der Waals surface area contributed by atoms with E-state index in [0.29, 0.717) is 0 Å². The molecule has 0 saturated heterocycles. The fourth-order valence-corrected chi connectivity index (χ4v) is 4.56. The summed E-state index contributed by atoms with van der Waals surface area (Å²) in [6.45, 7) is 2.19. The van der Waals surface area contributed by atoms with Crippen LogP contribution >= 0.6 is 0 Å². The van der Waals surface area contributed by atoms with Crippen LogP contribution in [0.4, 0.5) is 5.82 Å². The van der Waals surface area contributed by atoms with E-state index in [1.807, 2.05) is 0 Å². The summed E-state index contributed by atoms with van der Waals surface area (Å²) in [5.74, 6) is 0.808. The van der Waals surface area contributed by atoms with E-state index in [-0.39, 0.29) is 16.9 Å². The van der Waals surface area contributed by atoms with Crippen molar-refractivity contribution in [3.63, 3.8) is 0 Å². The Bertz CT molecular complexity index is 525. The van der Waals surface area contributed by atoms with Crippen molar-refractivity contribution < 1.29 is 8.42 Å². The highest BCUT2D eigenvalue weighted by atomic mass is 32.2. The molecule has 1 heterocycles. The lowest BCUT2D eigenvalue weighted by Gasteiger charge is -2.28. The standard InChI is InChI=1S/C13H24N4O2S/c1-3-4-10-5-7-11(8-6-10)16-20(18,19)13-12(14)15-9-17(13)2/h9-11,16H,3-8,14H2,1-2H3. The first-order valence-corrected chi connectivity index (χ1v) is 8.71. The summed E-state index contributed by atoms with van der Waals surface area (Å²) in [6.07, 6.45) is 7.87. The molecule has 20 heavy (non-hydrogen) atoms. The minimum Gasteiger partial charge on any atom is -0.381 e. The number of aryl methyl sites for hydroxylation is 1. The molecule has 1 aliphatic rings. The van der Waals surface area contributed by atoms with Crippen LogP contribution in [-0.2, 0) is 17.1 Å². The highest BCUT2D eigenvalue weighted by Crippen LogP contribution is 2.28. The van der Waals surface area contributed by atoms with Crippen LogP contribution in [0.3, 0.4) is 0 Å². The average molecular weight is 300 g/mol. The molecule has 0 aromatic carbocycles. The number of hydrogen-bond acceptors (Lipinski definition) is 4. The second-order valence-corrected chi connectivity index (χ2v) is 7.30. The van der Waals surface area contributed by atoms with Gasteiger partial charge < -0.3 is 10.3 Å². The maximum Gasteiger partial charge on any atom is 0.260 e. The first-order valence-electron chi connectivity index (χ1n) is 7.23. The lowest BCUT2D eigenvalue weighted by molar-refractivity contribution is 0.297. The Morgan fingerprint density at radius 2 is 2.05 bits per heavy atom. The third-order valence-electron chi connectivity index (χ3n) is 4.03. The number of anilines is 1. The third-order valence-corrected chi connectivity index (χ3v) is 5.68. The molecule has 1 aromatic rings. The van der Waals surface area contributed by atoms with Crippen LogP contribution in [0.2, 0.25) is 0 Å². The zero-order valence-electron chi connectivity index (χ0n) is 12.2. The molecule has 0 radical (unpaired) electrons. The number of nitrogen functional groups attached to an aromatic ring is 1. The minimum atomic E-state index is -3.58. The predicted molar refractivity (Wildman–Crippen MR) is 78.6 cm³/mol. The summed E-state index contributed by atoms with van der Waals surface area (Å²) in [5.41, 5.74) is 5.64. The highest BCUT2D eigenvalue weighted by molar-refractivity contribution is 7.89. The van der Waals surface area contributed by atoms with Crippen molar-refractivity contribution in [3.05, 3.63) is 6.33 Å². The number of nitrogens with one attached hydrogen (secondary N) is 1. The molecule has 1 fully saturated rings. The summed E-state index contributed by atoms with van der Waals surface area (Å²) in [4.78, 5) is 3.83. The SMILES string of the molecule is CCCC1CCC(NS(=O)(=O)c2c(N)ncn2C)CC1. The van der Waals surface area contributed by atoms with Crippen LogP contribution in [0.1, 0.15) is 45.4 Å². The van der Waals surface area contributed by atoms with Gasteiger partial charge in [0.1, 0.15) is 0 Å². The molecule has 6 nitrogen and oxygen atoms in total. The Balaban J connectivity index is 2.00. The molecule has 0 atom stereocenters. The Labute approximate surface area is 120 Å². The first kappa shape index (κ1) is 15.3. The Morgan fingerprint density at radius 1 is 1.40 bits per heavy atom. The Kier molecular flexibility index (Phi) is 4.70. The van der Waals surface area contributed by atoms with Crippen LogP contribution in [0.25, 0.3) is 0 Å². The summed E-state index contributed by atoms with van der Waals surface area (Å²) in [5, 5.41) is 0.0631. The summed E-state index contributed by atoms with van der Waals surface area (Å²) in [6, 6.07) is 0.0161. The van der Waals surface area contributed by atoms with Crippen molar-refractivity contribution in [2.75, 3.05) is 5.73 Å². The molecule has 0 aliphatic heterocycles. The van der Waals surface area contributed by atoms with Gasteiger partial charge in [0.05, 0.1) is 6.33 Å². The van der Waals surface area contributed by atoms with Crippen molar-refractivity contribution >= 4 is 15.8 Å². The quantitative estimate of drug-likeness (QED) is 0.865. The molecule has 3 N–H and O–H groups in total. The molecule has 2 rings (SSSR count). The van der Waals surface area contributed by atoms with E-state index in [4.69, 9.17) is 5.73 Å². The van der Waals surface area contributed by atoms with Crippen molar-refractivity contribution in [1.29, 1.82) is 0 Å². The van der Waals surface area contributed by atoms with Gasteiger partial charge in [-0.25, -0.2) is 18.1 Å². The molecule has 1 aliphatic carbocycles. The molecule has 0 bridgehead atoms. The van der Waals surface area contributed by atoms with Crippen molar-refractivity contribution in [2.24, 2.45) is 13.0 Å². The van der Waals surface area contributed by atoms with E-state index in [0.717, 1.165) is 31.6 Å². The molecular weight excluding hydrogens is 276 g/mol. The second-order valence-electron chi connectivity index (χ2n) is 5.67. The molecule has 7 heteroatoms. The molecule has 0 unspecified atom stereocenters. The molecule has 1 saturated carbocycles. The molecule has 114 valence electrons. The van der Waals surface area contributed by atoms with Crippen molar-refractivity contribution in [2.45, 2.75) is 56.5 Å². The van der Waals surface area contributed by atoms with E-state index >= 15 is 0 Å². The minimum absolute atomic E-state index is 0.0161. The van der Waals surface area contributed by atoms with Gasteiger partial charge in [-0.05, 0) is 31.6 Å². The van der Waals surface area contributed by atoms with Crippen molar-refractivity contribution in [3.8, 4) is 0 Å². The second kappa shape index (κ2) is 6.13. The van der Waals surface area contributed by atoms with Gasteiger partial charge in [0.25, 0.3) is 10.0 Å². The van der Waals surface area contributed by atoms with Gasteiger partial charge in [-0.2, -0.15) is 0 Å². The van der Waals surface area contributed by atoms with Gasteiger partial charge >= 0.3 is 0 Å². The topological polar surface area (TPSA) is 90.0 Å². The van der Waals surface area contributed by atoms with Gasteiger partial charge in [-0.3, -0.25) is 0 Å². The van der Waals surface area contributed by atoms with Crippen LogP contribution in [0.5, 0.6) is 0 Å². The van der Waals surface area contributed by atoms with E-state index in [1.165, 1.54) is 23.7 Å². The number of nitrogens with zero attached hydrogens (tertiary/aromatic N) is 2. The number of rotatable bonds is 5. The smallest absolute Gasteiger partial charge is 0.260 e. The van der Waals surface area contributed by atoms with E-state index in [1.54, 1.807) is 7.05 Å². The van der Waals surface area contributed by atoms with E-state index < -0.39 is 10.0 Å². The van der Waals surface area contributed by atoms with Crippen LogP contribution in [0.15, 0.2) is 11.4 Å². The van der Waals surface area contributed by atoms with Gasteiger partial charge in [0.2, 0.25) is 0 Å². The van der Waals surface area contributed by atoms with Crippen molar-refractivity contribution in [1.82, 2.24) is 14.3 Å². The maximum atomic E-state index is 12.4. The number of aromatic nitrogens is 2. The molecule has 0 spiro atoms. The van der Waals surface area contributed by atoms with E-state index in [9.17, 15) is 8.42 Å². The predicted octanol–water partition coefficient (Wildman–Crippen LogP) is 1.64. The number of hydrogen-bond donors (Lipinski definition) is 2. The van der Waals surface area contributed by atoms with Crippen LogP contribution in [0, 0.1) is 5.92 Å². The summed E-state index contributed by atoms with van der Waals surface area (Å²) >= 11 is 0. The summed E-state index contributed by atoms with van der Waals surface area (Å²) < 4.78 is 28.9. The third kappa shape index (κ3) is 3.32. The summed E-state index contributed by atoms with van der Waals surface area (Å²) in [7, 11) is -1.95. The lowest BCUT2D eigenvalue weighted by atomic mass is 9.84. The number of sulfonamides is 1. The fraction of sp³-hybridized carbons (Fsp3) is 0.769. The normalized spacial score (nSPS) is 23.9. The zero-order valence-corrected chi connectivity index (χ0v) is 13.0.